The predicted octanol–water partition coefficient (Wildman–Crippen LogP) is 1.83. The molecule has 2 amide bonds. The van der Waals surface area contributed by atoms with E-state index in [-0.39, 0.29) is 35.6 Å². The van der Waals surface area contributed by atoms with Gasteiger partial charge in [-0.25, -0.2) is 13.3 Å². The molecule has 2 aliphatic rings. The minimum Gasteiger partial charge on any atom is -0.503 e. The van der Waals surface area contributed by atoms with Crippen molar-refractivity contribution >= 4 is 22.8 Å². The van der Waals surface area contributed by atoms with E-state index >= 15 is 0 Å². The first-order valence-electron chi connectivity index (χ1n) is 10.9. The lowest BCUT2D eigenvalue weighted by Gasteiger charge is -2.22. The van der Waals surface area contributed by atoms with Gasteiger partial charge in [0.1, 0.15) is 11.4 Å². The van der Waals surface area contributed by atoms with Crippen molar-refractivity contribution in [1.29, 1.82) is 0 Å². The van der Waals surface area contributed by atoms with E-state index in [1.54, 1.807) is 19.1 Å². The van der Waals surface area contributed by atoms with E-state index in [0.29, 0.717) is 19.4 Å². The zero-order chi connectivity index (χ0) is 25.2. The summed E-state index contributed by atoms with van der Waals surface area (Å²) in [5, 5.41) is 13.2. The molecule has 0 spiro atoms. The number of aromatic nitrogens is 1. The highest BCUT2D eigenvalue weighted by Crippen LogP contribution is 2.32. The molecule has 0 radical (unpaired) electrons. The van der Waals surface area contributed by atoms with E-state index in [1.165, 1.54) is 28.8 Å². The topological polar surface area (TPSA) is 121 Å². The monoisotopic (exact) mass is 492 g/mol. The molecule has 1 aromatic rings. The van der Waals surface area contributed by atoms with Crippen molar-refractivity contribution in [3.63, 3.8) is 0 Å². The van der Waals surface area contributed by atoms with Crippen molar-refractivity contribution in [3.05, 3.63) is 62.4 Å². The number of allylic oxidation sites excluding steroid dienone is 4. The Hall–Kier alpha value is -3.05. The molecule has 184 valence electrons. The van der Waals surface area contributed by atoms with Gasteiger partial charge in [0, 0.05) is 38.5 Å². The number of halogens is 1. The molecule has 0 saturated heterocycles. The van der Waals surface area contributed by atoms with Crippen LogP contribution in [0.4, 0.5) is 4.39 Å². The zero-order valence-corrected chi connectivity index (χ0v) is 20.4. The minimum absolute atomic E-state index is 0.171. The fourth-order valence-corrected chi connectivity index (χ4v) is 4.60. The molecule has 2 atom stereocenters. The molecule has 0 saturated carbocycles. The number of aromatic hydroxyl groups is 1. The predicted molar refractivity (Wildman–Crippen MR) is 128 cm³/mol. The van der Waals surface area contributed by atoms with E-state index in [1.807, 2.05) is 6.92 Å². The number of rotatable bonds is 7. The molecule has 9 nitrogen and oxygen atoms in total. The van der Waals surface area contributed by atoms with Crippen LogP contribution in [0.5, 0.6) is 5.75 Å². The van der Waals surface area contributed by atoms with Crippen molar-refractivity contribution in [3.8, 4) is 5.75 Å². The van der Waals surface area contributed by atoms with Gasteiger partial charge >= 0.3 is 0 Å². The Labute approximate surface area is 199 Å². The summed E-state index contributed by atoms with van der Waals surface area (Å²) in [7, 11) is 0.0629. The molecule has 1 aliphatic carbocycles. The van der Waals surface area contributed by atoms with Gasteiger partial charge in [-0.2, -0.15) is 0 Å². The van der Waals surface area contributed by atoms with Gasteiger partial charge in [0.05, 0.1) is 22.7 Å². The largest absolute Gasteiger partial charge is 0.503 e. The second-order valence-electron chi connectivity index (χ2n) is 8.31. The molecule has 1 unspecified atom stereocenters. The maximum Gasteiger partial charge on any atom is 0.274 e. The summed E-state index contributed by atoms with van der Waals surface area (Å²) in [4.78, 5) is 40.6. The van der Waals surface area contributed by atoms with Crippen molar-refractivity contribution in [2.24, 2.45) is 0 Å². The van der Waals surface area contributed by atoms with Crippen LogP contribution in [0.2, 0.25) is 0 Å². The minimum atomic E-state index is -1.47. The maximum absolute atomic E-state index is 14.4. The molecular weight excluding hydrogens is 463 g/mol. The van der Waals surface area contributed by atoms with Crippen LogP contribution in [0.1, 0.15) is 59.3 Å². The third-order valence-electron chi connectivity index (χ3n) is 5.93. The van der Waals surface area contributed by atoms with Crippen molar-refractivity contribution < 1.29 is 23.3 Å². The van der Waals surface area contributed by atoms with Crippen LogP contribution >= 0.6 is 0 Å². The number of nitrogens with zero attached hydrogens (tertiary/aromatic N) is 2. The Morgan fingerprint density at radius 1 is 1.35 bits per heavy atom. The lowest BCUT2D eigenvalue weighted by Crippen LogP contribution is -2.37. The highest BCUT2D eigenvalue weighted by Gasteiger charge is 2.37. The molecule has 3 N–H and O–H groups in total. The van der Waals surface area contributed by atoms with Crippen molar-refractivity contribution in [1.82, 2.24) is 19.5 Å². The quantitative estimate of drug-likeness (QED) is 0.536. The van der Waals surface area contributed by atoms with Gasteiger partial charge in [-0.1, -0.05) is 17.7 Å². The lowest BCUT2D eigenvalue weighted by molar-refractivity contribution is 0.0785. The second-order valence-corrected chi connectivity index (χ2v) is 9.46. The number of fused-ring (bicyclic) bond motifs is 1. The van der Waals surface area contributed by atoms with Gasteiger partial charge in [0.25, 0.3) is 11.8 Å². The van der Waals surface area contributed by atoms with Gasteiger partial charge < -0.3 is 19.9 Å². The first-order chi connectivity index (χ1) is 16.1. The molecule has 0 aromatic carbocycles. The standard InChI is InChI=1S/C23H29FN4O5S/c1-5-27(3)23(32)19-21(30)20(29)17(18-16(26-34(4)33)10-11-28(18)19)22(31)25-12-14-8-6-13(2)7-9-15(14)24/h6,8-9,16,26,30H,5,7,10-12H2,1-4H3,(H,25,31)/t16-,34?/m0/s1. The molecule has 0 bridgehead atoms. The molecule has 1 aliphatic heterocycles. The average Bonchev–Trinajstić information content (AvgIpc) is 3.10. The normalized spacial score (nSPS) is 18.3. The highest BCUT2D eigenvalue weighted by molar-refractivity contribution is 7.82. The molecule has 2 heterocycles. The molecule has 0 fully saturated rings. The van der Waals surface area contributed by atoms with Gasteiger partial charge in [-0.3, -0.25) is 14.4 Å². The second kappa shape index (κ2) is 10.5. The fraction of sp³-hybridized carbons (Fsp3) is 0.435. The summed E-state index contributed by atoms with van der Waals surface area (Å²) in [5.74, 6) is -2.68. The summed E-state index contributed by atoms with van der Waals surface area (Å²) < 4.78 is 30.5. The number of carbonyl (C=O) groups excluding carboxylic acids is 2. The summed E-state index contributed by atoms with van der Waals surface area (Å²) in [5.41, 5.74) is -0.214. The van der Waals surface area contributed by atoms with Gasteiger partial charge in [-0.05, 0) is 32.8 Å². The van der Waals surface area contributed by atoms with Crippen LogP contribution in [-0.2, 0) is 17.5 Å². The lowest BCUT2D eigenvalue weighted by atomic mass is 10.0. The number of amides is 2. The van der Waals surface area contributed by atoms with Gasteiger partial charge in [-0.15, -0.1) is 0 Å². The van der Waals surface area contributed by atoms with E-state index < -0.39 is 45.8 Å². The smallest absolute Gasteiger partial charge is 0.274 e. The third kappa shape index (κ3) is 5.05. The summed E-state index contributed by atoms with van der Waals surface area (Å²) in [6.45, 7) is 3.99. The molecule has 34 heavy (non-hydrogen) atoms. The first kappa shape index (κ1) is 25.6. The van der Waals surface area contributed by atoms with Crippen LogP contribution in [0.3, 0.4) is 0 Å². The van der Waals surface area contributed by atoms with E-state index in [4.69, 9.17) is 0 Å². The van der Waals surface area contributed by atoms with Gasteiger partial charge in [0.15, 0.2) is 11.4 Å². The van der Waals surface area contributed by atoms with Crippen LogP contribution in [0.15, 0.2) is 40.0 Å². The number of carbonyl (C=O) groups is 2. The van der Waals surface area contributed by atoms with E-state index in [2.05, 4.69) is 10.0 Å². The number of pyridine rings is 1. The molecule has 3 rings (SSSR count). The molecular formula is C23H29FN4O5S. The zero-order valence-electron chi connectivity index (χ0n) is 19.6. The summed E-state index contributed by atoms with van der Waals surface area (Å²) in [6, 6.07) is -0.655. The Morgan fingerprint density at radius 3 is 2.71 bits per heavy atom. The van der Waals surface area contributed by atoms with E-state index in [0.717, 1.165) is 5.57 Å². The SMILES string of the molecule is CCN(C)C(=O)c1c(O)c(=O)c(C(=O)NCC2=CC=C(C)CC=C2F)c2n1CC[C@@H]2NS(C)=O. The maximum atomic E-state index is 14.4. The first-order valence-corrected chi connectivity index (χ1v) is 12.5. The number of nitrogens with one attached hydrogen (secondary N) is 2. The fourth-order valence-electron chi connectivity index (χ4n) is 3.97. The number of hydrogen-bond acceptors (Lipinski definition) is 5. The summed E-state index contributed by atoms with van der Waals surface area (Å²) >= 11 is 0. The number of hydrogen-bond donors (Lipinski definition) is 3. The Bertz CT molecular complexity index is 1200. The third-order valence-corrected chi connectivity index (χ3v) is 6.55. The van der Waals surface area contributed by atoms with Crippen molar-refractivity contribution in [2.75, 3.05) is 26.4 Å². The Kier molecular flexibility index (Phi) is 7.88. The van der Waals surface area contributed by atoms with Crippen LogP contribution in [0, 0.1) is 0 Å². The molecule has 11 heteroatoms. The van der Waals surface area contributed by atoms with Gasteiger partial charge in [0.2, 0.25) is 5.43 Å². The summed E-state index contributed by atoms with van der Waals surface area (Å²) in [6.07, 6.45) is 6.95. The van der Waals surface area contributed by atoms with Crippen LogP contribution < -0.4 is 15.5 Å². The van der Waals surface area contributed by atoms with Crippen LogP contribution in [0.25, 0.3) is 0 Å². The highest BCUT2D eigenvalue weighted by atomic mass is 32.2. The molecule has 1 aromatic heterocycles. The Morgan fingerprint density at radius 2 is 2.06 bits per heavy atom. The Balaban J connectivity index is 2.07. The van der Waals surface area contributed by atoms with E-state index in [9.17, 15) is 28.1 Å². The van der Waals surface area contributed by atoms with Crippen molar-refractivity contribution in [2.45, 2.75) is 39.3 Å². The average molecular weight is 493 g/mol. The van der Waals surface area contributed by atoms with Crippen LogP contribution in [-0.4, -0.2) is 57.0 Å².